The highest BCUT2D eigenvalue weighted by Crippen LogP contribution is 2.40. The average Bonchev–Trinajstić information content (AvgIpc) is 2.79. The highest BCUT2D eigenvalue weighted by Gasteiger charge is 2.26. The van der Waals surface area contributed by atoms with Gasteiger partial charge in [-0.3, -0.25) is 29.3 Å². The predicted octanol–water partition coefficient (Wildman–Crippen LogP) is -0.433. The Kier molecular flexibility index (Phi) is 11.2. The van der Waals surface area contributed by atoms with E-state index in [-0.39, 0.29) is 35.1 Å². The molecule has 2 aromatic carbocycles. The van der Waals surface area contributed by atoms with Crippen LogP contribution in [0.3, 0.4) is 0 Å². The topological polar surface area (TPSA) is 187 Å². The molecule has 1 amide bonds. The van der Waals surface area contributed by atoms with E-state index in [2.05, 4.69) is 5.32 Å². The summed E-state index contributed by atoms with van der Waals surface area (Å²) in [5.41, 5.74) is -0.676. The highest BCUT2D eigenvalue weighted by atomic mass is 35.5. The van der Waals surface area contributed by atoms with Crippen molar-refractivity contribution in [2.24, 2.45) is 0 Å². The van der Waals surface area contributed by atoms with Crippen LogP contribution < -0.4 is 36.7 Å². The summed E-state index contributed by atoms with van der Waals surface area (Å²) in [6, 6.07) is 5.50. The molecule has 0 saturated carbocycles. The maximum Gasteiger partial charge on any atom is 0.339 e. The lowest BCUT2D eigenvalue weighted by atomic mass is 10.1. The monoisotopic (exact) mass is 553 g/mol. The van der Waals surface area contributed by atoms with Crippen molar-refractivity contribution in [3.63, 3.8) is 0 Å². The lowest BCUT2D eigenvalue weighted by molar-refractivity contribution is -0.384. The smallest absolute Gasteiger partial charge is 0.339 e. The molecule has 0 fully saturated rings. The molecule has 0 bridgehead atoms. The van der Waals surface area contributed by atoms with Gasteiger partial charge in [0.05, 0.1) is 23.3 Å². The molecule has 14 nitrogen and oxygen atoms in total. The van der Waals surface area contributed by atoms with E-state index >= 15 is 0 Å². The maximum absolute atomic E-state index is 12.8. The van der Waals surface area contributed by atoms with Gasteiger partial charge in [0, 0.05) is 32.9 Å². The van der Waals surface area contributed by atoms with E-state index in [0.29, 0.717) is 0 Å². The van der Waals surface area contributed by atoms with Crippen molar-refractivity contribution in [2.45, 2.75) is 33.8 Å². The summed E-state index contributed by atoms with van der Waals surface area (Å²) < 4.78 is 25.2. The number of amides is 1. The van der Waals surface area contributed by atoms with Crippen LogP contribution in [0.2, 0.25) is 0 Å². The highest BCUT2D eigenvalue weighted by molar-refractivity contribution is 5.99. The number of ether oxygens (including phenoxy) is 5. The minimum absolute atomic E-state index is 0. The van der Waals surface area contributed by atoms with Crippen molar-refractivity contribution in [1.82, 2.24) is 0 Å². The van der Waals surface area contributed by atoms with Crippen LogP contribution in [-0.4, -0.2) is 47.9 Å². The summed E-state index contributed by atoms with van der Waals surface area (Å²) >= 11 is 0. The molecule has 0 aromatic heterocycles. The number of nitrogens with one attached hydrogen (secondary N) is 1. The molecule has 2 aromatic rings. The number of esters is 4. The van der Waals surface area contributed by atoms with Crippen LogP contribution in [0.4, 0.5) is 11.4 Å². The van der Waals surface area contributed by atoms with Crippen LogP contribution >= 0.6 is 0 Å². The molecular weight excluding hydrogens is 532 g/mol. The van der Waals surface area contributed by atoms with Gasteiger partial charge in [0.2, 0.25) is 5.75 Å². The average molecular weight is 554 g/mol. The second-order valence-electron chi connectivity index (χ2n) is 7.26. The van der Waals surface area contributed by atoms with E-state index in [9.17, 15) is 34.1 Å². The van der Waals surface area contributed by atoms with E-state index in [4.69, 9.17) is 23.7 Å². The van der Waals surface area contributed by atoms with E-state index in [1.54, 1.807) is 0 Å². The van der Waals surface area contributed by atoms with Gasteiger partial charge in [-0.05, 0) is 25.1 Å². The molecule has 0 heterocycles. The first kappa shape index (κ1) is 31.3. The van der Waals surface area contributed by atoms with Crippen LogP contribution in [0.15, 0.2) is 30.3 Å². The Morgan fingerprint density at radius 3 is 1.84 bits per heavy atom. The van der Waals surface area contributed by atoms with E-state index in [1.807, 2.05) is 0 Å². The molecular formula is C23H22ClN2O12-. The number of carbonyl (C=O) groups excluding carboxylic acids is 5. The zero-order valence-electron chi connectivity index (χ0n) is 20.7. The Morgan fingerprint density at radius 1 is 0.868 bits per heavy atom. The first-order valence-electron chi connectivity index (χ1n) is 10.4. The summed E-state index contributed by atoms with van der Waals surface area (Å²) in [5, 5.41) is 13.4. The normalized spacial score (nSPS) is 10.7. The lowest BCUT2D eigenvalue weighted by Gasteiger charge is -2.17. The summed E-state index contributed by atoms with van der Waals surface area (Å²) in [5.74, 6) is -5.64. The molecule has 15 heteroatoms. The third kappa shape index (κ3) is 8.44. The molecule has 1 N–H and O–H groups in total. The number of anilines is 1. The van der Waals surface area contributed by atoms with Crippen molar-refractivity contribution < 1.29 is 65.0 Å². The fourth-order valence-corrected chi connectivity index (χ4v) is 2.82. The van der Waals surface area contributed by atoms with Gasteiger partial charge in [-0.1, -0.05) is 0 Å². The van der Waals surface area contributed by atoms with E-state index in [1.165, 1.54) is 26.2 Å². The van der Waals surface area contributed by atoms with Gasteiger partial charge in [-0.25, -0.2) is 4.79 Å². The van der Waals surface area contributed by atoms with Crippen LogP contribution in [0.1, 0.15) is 38.1 Å². The molecule has 0 radical (unpaired) electrons. The number of hydrogen-bond donors (Lipinski definition) is 1. The third-order valence-corrected chi connectivity index (χ3v) is 4.31. The zero-order chi connectivity index (χ0) is 27.9. The quantitative estimate of drug-likeness (QED) is 0.183. The van der Waals surface area contributed by atoms with E-state index in [0.717, 1.165) is 39.0 Å². The third-order valence-electron chi connectivity index (χ3n) is 4.31. The van der Waals surface area contributed by atoms with Crippen LogP contribution in [-0.2, 0) is 23.9 Å². The summed E-state index contributed by atoms with van der Waals surface area (Å²) in [4.78, 5) is 70.3. The molecule has 0 saturated heterocycles. The molecule has 38 heavy (non-hydrogen) atoms. The standard InChI is InChI=1S/C23H22N2O12.ClH/c1-11(22(29)24-17-10-16(25(31)32)6-7-18(17)33-5)34-23(30)15-8-19(35-12(2)26)21(37-14(4)28)20(9-15)36-13(3)27;/h6-11H,1-5H3,(H,24,29);1H/p-1. The second kappa shape index (κ2) is 13.5. The molecule has 0 aliphatic carbocycles. The predicted molar refractivity (Wildman–Crippen MR) is 124 cm³/mol. The molecule has 1 unspecified atom stereocenters. The van der Waals surface area contributed by atoms with Crippen LogP contribution in [0.5, 0.6) is 23.0 Å². The van der Waals surface area contributed by atoms with E-state index < -0.39 is 58.1 Å². The van der Waals surface area contributed by atoms with Crippen molar-refractivity contribution in [1.29, 1.82) is 0 Å². The number of rotatable bonds is 9. The van der Waals surface area contributed by atoms with Crippen molar-refractivity contribution in [2.75, 3.05) is 12.4 Å². The van der Waals surface area contributed by atoms with Crippen molar-refractivity contribution >= 4 is 41.2 Å². The minimum atomic E-state index is -1.43. The Bertz CT molecular complexity index is 1240. The number of hydrogen-bond acceptors (Lipinski definition) is 12. The number of nitro benzene ring substituents is 1. The van der Waals surface area contributed by atoms with Crippen molar-refractivity contribution in [3.05, 3.63) is 46.0 Å². The fraction of sp³-hybridized carbons (Fsp3) is 0.261. The number of non-ortho nitro benzene ring substituents is 1. The first-order valence-corrected chi connectivity index (χ1v) is 10.4. The number of halogens is 1. The Hall–Kier alpha value is -4.72. The SMILES string of the molecule is COc1ccc([N+](=O)[O-])cc1NC(=O)C(C)OC(=O)c1cc(OC(C)=O)c(OC(C)=O)c(OC(C)=O)c1.[Cl-]. The molecule has 0 aliphatic heterocycles. The van der Waals surface area contributed by atoms with Gasteiger partial charge in [0.25, 0.3) is 11.6 Å². The van der Waals surface area contributed by atoms with Gasteiger partial charge in [-0.15, -0.1) is 0 Å². The molecule has 0 aliphatic rings. The number of benzene rings is 2. The van der Waals surface area contributed by atoms with Crippen molar-refractivity contribution in [3.8, 4) is 23.0 Å². The van der Waals surface area contributed by atoms with Gasteiger partial charge in [-0.2, -0.15) is 0 Å². The summed E-state index contributed by atoms with van der Waals surface area (Å²) in [7, 11) is 1.29. The maximum atomic E-state index is 12.8. The molecule has 204 valence electrons. The summed E-state index contributed by atoms with van der Waals surface area (Å²) in [6.07, 6.45) is -1.43. The number of nitrogens with zero attached hydrogens (tertiary/aromatic N) is 1. The number of carbonyl (C=O) groups is 5. The minimum Gasteiger partial charge on any atom is -1.00 e. The van der Waals surface area contributed by atoms with Gasteiger partial charge in [0.1, 0.15) is 5.75 Å². The van der Waals surface area contributed by atoms with Gasteiger partial charge < -0.3 is 41.4 Å². The zero-order valence-corrected chi connectivity index (χ0v) is 21.4. The lowest BCUT2D eigenvalue weighted by Crippen LogP contribution is -3.00. The Labute approximate surface area is 221 Å². The molecule has 1 atom stereocenters. The van der Waals surface area contributed by atoms with Gasteiger partial charge in [0.15, 0.2) is 17.6 Å². The molecule has 0 spiro atoms. The Morgan fingerprint density at radius 2 is 1.39 bits per heavy atom. The number of nitro groups is 1. The first-order chi connectivity index (χ1) is 17.3. The van der Waals surface area contributed by atoms with Crippen LogP contribution in [0, 0.1) is 10.1 Å². The second-order valence-corrected chi connectivity index (χ2v) is 7.26. The summed E-state index contributed by atoms with van der Waals surface area (Å²) in [6.45, 7) is 4.36. The number of methoxy groups -OCH3 is 1. The Balaban J connectivity index is 0.00000722. The largest absolute Gasteiger partial charge is 1.00 e. The van der Waals surface area contributed by atoms with Crippen LogP contribution in [0.25, 0.3) is 0 Å². The van der Waals surface area contributed by atoms with Gasteiger partial charge >= 0.3 is 23.9 Å². The molecule has 2 rings (SSSR count). The fourth-order valence-electron chi connectivity index (χ4n) is 2.82.